The Morgan fingerprint density at radius 1 is 1.12 bits per heavy atom. The summed E-state index contributed by atoms with van der Waals surface area (Å²) in [6.07, 6.45) is 0. The van der Waals surface area contributed by atoms with Crippen LogP contribution in [0.2, 0.25) is 0 Å². The lowest BCUT2D eigenvalue weighted by molar-refractivity contribution is -0.384. The fraction of sp³-hybridized carbons (Fsp3) is 0.120. The summed E-state index contributed by atoms with van der Waals surface area (Å²) < 4.78 is 7.09. The van der Waals surface area contributed by atoms with Gasteiger partial charge in [0.1, 0.15) is 5.75 Å². The molecule has 2 heterocycles. The second kappa shape index (κ2) is 8.36. The third-order valence-corrected chi connectivity index (χ3v) is 5.82. The van der Waals surface area contributed by atoms with Crippen LogP contribution in [0.25, 0.3) is 11.0 Å². The van der Waals surface area contributed by atoms with E-state index < -0.39 is 11.0 Å². The smallest absolute Gasteiger partial charge is 0.269 e. The molecule has 0 spiro atoms. The Bertz CT molecular complexity index is 1460. The SMILES string of the molecule is COc1ccc(NC(=O)C2=C(C)Nc3nc4ccccc4n3[C@H]2c2cccc([N+](=O)[O-])c2)cc1. The van der Waals surface area contributed by atoms with E-state index >= 15 is 0 Å². The van der Waals surface area contributed by atoms with Crippen LogP contribution in [0.1, 0.15) is 18.5 Å². The predicted octanol–water partition coefficient (Wildman–Crippen LogP) is 4.88. The molecule has 1 atom stereocenters. The largest absolute Gasteiger partial charge is 0.497 e. The van der Waals surface area contributed by atoms with Gasteiger partial charge in [-0.05, 0) is 48.9 Å². The lowest BCUT2D eigenvalue weighted by atomic mass is 9.94. The Labute approximate surface area is 194 Å². The standard InChI is InChI=1S/C25H21N5O4/c1-15-22(24(31)27-17-10-12-19(34-2)13-11-17)23(16-6-5-7-18(14-16)30(32)33)29-21-9-4-3-8-20(21)28-25(29)26-15/h3-14,23H,1-2H3,(H,26,28)(H,27,31)/t23-/m0/s1. The zero-order valence-electron chi connectivity index (χ0n) is 18.5. The molecule has 0 unspecified atom stereocenters. The summed E-state index contributed by atoms with van der Waals surface area (Å²) in [5.74, 6) is 0.919. The minimum absolute atomic E-state index is 0.0467. The number of nitrogens with one attached hydrogen (secondary N) is 2. The highest BCUT2D eigenvalue weighted by molar-refractivity contribution is 6.06. The fourth-order valence-electron chi connectivity index (χ4n) is 4.25. The molecule has 5 rings (SSSR count). The topological polar surface area (TPSA) is 111 Å². The number of para-hydroxylation sites is 2. The second-order valence-electron chi connectivity index (χ2n) is 7.90. The van der Waals surface area contributed by atoms with Gasteiger partial charge in [-0.1, -0.05) is 24.3 Å². The van der Waals surface area contributed by atoms with Crippen LogP contribution < -0.4 is 15.4 Å². The first-order valence-electron chi connectivity index (χ1n) is 10.6. The first-order valence-corrected chi connectivity index (χ1v) is 10.6. The number of benzene rings is 3. The molecule has 0 radical (unpaired) electrons. The average Bonchev–Trinajstić information content (AvgIpc) is 3.21. The van der Waals surface area contributed by atoms with Gasteiger partial charge in [0.25, 0.3) is 11.6 Å². The van der Waals surface area contributed by atoms with Crippen LogP contribution in [0.3, 0.4) is 0 Å². The molecule has 9 nitrogen and oxygen atoms in total. The number of rotatable bonds is 5. The van der Waals surface area contributed by atoms with Crippen molar-refractivity contribution in [1.82, 2.24) is 9.55 Å². The zero-order chi connectivity index (χ0) is 23.8. The summed E-state index contributed by atoms with van der Waals surface area (Å²) in [7, 11) is 1.58. The van der Waals surface area contributed by atoms with E-state index in [0.717, 1.165) is 11.0 Å². The number of hydrogen-bond acceptors (Lipinski definition) is 6. The molecule has 1 aliphatic rings. The van der Waals surface area contributed by atoms with E-state index in [0.29, 0.717) is 34.2 Å². The molecule has 3 aromatic carbocycles. The van der Waals surface area contributed by atoms with Gasteiger partial charge in [-0.2, -0.15) is 0 Å². The highest BCUT2D eigenvalue weighted by Gasteiger charge is 2.34. The molecule has 0 saturated heterocycles. The Morgan fingerprint density at radius 2 is 1.88 bits per heavy atom. The molecule has 1 amide bonds. The Morgan fingerprint density at radius 3 is 2.62 bits per heavy atom. The zero-order valence-corrected chi connectivity index (χ0v) is 18.5. The lowest BCUT2D eigenvalue weighted by Crippen LogP contribution is -2.31. The van der Waals surface area contributed by atoms with E-state index in [4.69, 9.17) is 4.74 Å². The van der Waals surface area contributed by atoms with Crippen molar-refractivity contribution in [2.75, 3.05) is 17.7 Å². The van der Waals surface area contributed by atoms with Crippen LogP contribution in [-0.4, -0.2) is 27.5 Å². The summed E-state index contributed by atoms with van der Waals surface area (Å²) in [6, 6.07) is 20.3. The number of methoxy groups -OCH3 is 1. The number of hydrogen-bond donors (Lipinski definition) is 2. The molecule has 9 heteroatoms. The molecule has 1 aromatic heterocycles. The van der Waals surface area contributed by atoms with Crippen molar-refractivity contribution in [3.8, 4) is 5.75 Å². The van der Waals surface area contributed by atoms with E-state index in [-0.39, 0.29) is 11.6 Å². The summed E-state index contributed by atoms with van der Waals surface area (Å²) in [5.41, 5.74) is 3.78. The Balaban J connectivity index is 1.65. The van der Waals surface area contributed by atoms with Gasteiger partial charge >= 0.3 is 0 Å². The molecular weight excluding hydrogens is 434 g/mol. The molecule has 0 saturated carbocycles. The maximum atomic E-state index is 13.6. The molecule has 34 heavy (non-hydrogen) atoms. The normalized spacial score (nSPS) is 14.9. The van der Waals surface area contributed by atoms with Crippen molar-refractivity contribution in [2.45, 2.75) is 13.0 Å². The van der Waals surface area contributed by atoms with Gasteiger partial charge in [0.05, 0.1) is 34.7 Å². The van der Waals surface area contributed by atoms with Crippen molar-refractivity contribution in [2.24, 2.45) is 0 Å². The Kier molecular flexibility index (Phi) is 5.21. The van der Waals surface area contributed by atoms with Crippen LogP contribution in [0.15, 0.2) is 84.1 Å². The number of nitro groups is 1. The summed E-state index contributed by atoms with van der Waals surface area (Å²) >= 11 is 0. The number of allylic oxidation sites excluding steroid dienone is 1. The Hall–Kier alpha value is -4.66. The van der Waals surface area contributed by atoms with Crippen molar-refractivity contribution in [1.29, 1.82) is 0 Å². The molecule has 2 N–H and O–H groups in total. The third-order valence-electron chi connectivity index (χ3n) is 5.82. The molecule has 0 bridgehead atoms. The summed E-state index contributed by atoms with van der Waals surface area (Å²) in [5, 5.41) is 17.7. The van der Waals surface area contributed by atoms with Gasteiger partial charge in [-0.15, -0.1) is 0 Å². The fourth-order valence-corrected chi connectivity index (χ4v) is 4.25. The third kappa shape index (κ3) is 3.62. The van der Waals surface area contributed by atoms with E-state index in [1.54, 1.807) is 50.4 Å². The summed E-state index contributed by atoms with van der Waals surface area (Å²) in [6.45, 7) is 1.80. The maximum Gasteiger partial charge on any atom is 0.269 e. The quantitative estimate of drug-likeness (QED) is 0.328. The van der Waals surface area contributed by atoms with E-state index in [2.05, 4.69) is 15.6 Å². The molecule has 1 aliphatic heterocycles. The van der Waals surface area contributed by atoms with E-state index in [9.17, 15) is 14.9 Å². The van der Waals surface area contributed by atoms with Gasteiger partial charge in [-0.25, -0.2) is 4.98 Å². The summed E-state index contributed by atoms with van der Waals surface area (Å²) in [4.78, 5) is 29.3. The van der Waals surface area contributed by atoms with Gasteiger partial charge in [0.15, 0.2) is 0 Å². The number of carbonyl (C=O) groups is 1. The van der Waals surface area contributed by atoms with Crippen LogP contribution >= 0.6 is 0 Å². The first kappa shape index (κ1) is 21.2. The van der Waals surface area contributed by atoms with Crippen molar-refractivity contribution in [3.05, 3.63) is 99.7 Å². The number of imidazole rings is 1. The highest BCUT2D eigenvalue weighted by atomic mass is 16.6. The van der Waals surface area contributed by atoms with Crippen LogP contribution in [0.5, 0.6) is 5.75 Å². The average molecular weight is 455 g/mol. The number of ether oxygens (including phenoxy) is 1. The monoisotopic (exact) mass is 455 g/mol. The van der Waals surface area contributed by atoms with Crippen LogP contribution in [-0.2, 0) is 4.79 Å². The lowest BCUT2D eigenvalue weighted by Gasteiger charge is -2.30. The number of nitro benzene ring substituents is 1. The first-order chi connectivity index (χ1) is 16.5. The van der Waals surface area contributed by atoms with Gasteiger partial charge < -0.3 is 15.4 Å². The number of carbonyl (C=O) groups excluding carboxylic acids is 1. The maximum absolute atomic E-state index is 13.6. The molecule has 170 valence electrons. The molecular formula is C25H21N5O4. The second-order valence-corrected chi connectivity index (χ2v) is 7.90. The predicted molar refractivity (Wildman–Crippen MR) is 129 cm³/mol. The van der Waals surface area contributed by atoms with Gasteiger partial charge in [-0.3, -0.25) is 19.5 Å². The number of non-ortho nitro benzene ring substituents is 1. The van der Waals surface area contributed by atoms with Crippen molar-refractivity contribution < 1.29 is 14.5 Å². The van der Waals surface area contributed by atoms with E-state index in [1.165, 1.54) is 12.1 Å². The molecule has 0 fully saturated rings. The van der Waals surface area contributed by atoms with Crippen molar-refractivity contribution in [3.63, 3.8) is 0 Å². The van der Waals surface area contributed by atoms with Crippen molar-refractivity contribution >= 4 is 34.3 Å². The highest BCUT2D eigenvalue weighted by Crippen LogP contribution is 2.40. The number of anilines is 2. The van der Waals surface area contributed by atoms with Crippen LogP contribution in [0.4, 0.5) is 17.3 Å². The van der Waals surface area contributed by atoms with E-state index in [1.807, 2.05) is 28.8 Å². The minimum Gasteiger partial charge on any atom is -0.497 e. The van der Waals surface area contributed by atoms with Gasteiger partial charge in [0.2, 0.25) is 5.95 Å². The van der Waals surface area contributed by atoms with Gasteiger partial charge in [0, 0.05) is 23.5 Å². The minimum atomic E-state index is -0.623. The number of fused-ring (bicyclic) bond motifs is 3. The number of amides is 1. The van der Waals surface area contributed by atoms with Crippen LogP contribution in [0, 0.1) is 10.1 Å². The molecule has 4 aromatic rings. The number of aromatic nitrogens is 2. The molecule has 0 aliphatic carbocycles. The number of nitrogens with zero attached hydrogens (tertiary/aromatic N) is 3.